The van der Waals surface area contributed by atoms with Gasteiger partial charge in [0.15, 0.2) is 0 Å². The molecule has 1 amide bonds. The molecule has 0 atom stereocenters. The van der Waals surface area contributed by atoms with Crippen LogP contribution in [0.2, 0.25) is 0 Å². The van der Waals surface area contributed by atoms with E-state index in [1.54, 1.807) is 7.05 Å². The van der Waals surface area contributed by atoms with Crippen LogP contribution in [-0.2, 0) is 6.18 Å². The standard InChI is InChI=1S/C14H12F3N3O/c1-18-12-8-19-7-6-9(12)13(21)20-11-5-3-2-4-10(11)14(15,16)17/h2-8,18H,1H3,(H,20,21). The van der Waals surface area contributed by atoms with Gasteiger partial charge in [0.1, 0.15) is 0 Å². The van der Waals surface area contributed by atoms with E-state index in [1.807, 2.05) is 0 Å². The van der Waals surface area contributed by atoms with Gasteiger partial charge in [-0.2, -0.15) is 13.2 Å². The first-order valence-electron chi connectivity index (χ1n) is 6.03. The van der Waals surface area contributed by atoms with Crippen molar-refractivity contribution in [2.24, 2.45) is 0 Å². The van der Waals surface area contributed by atoms with Gasteiger partial charge in [-0.3, -0.25) is 9.78 Å². The van der Waals surface area contributed by atoms with Gasteiger partial charge in [0.25, 0.3) is 5.91 Å². The number of nitrogens with one attached hydrogen (secondary N) is 2. The minimum absolute atomic E-state index is 0.212. The molecule has 0 radical (unpaired) electrons. The summed E-state index contributed by atoms with van der Waals surface area (Å²) < 4.78 is 38.6. The molecule has 1 heterocycles. The van der Waals surface area contributed by atoms with Gasteiger partial charge in [0, 0.05) is 13.2 Å². The lowest BCUT2D eigenvalue weighted by atomic mass is 10.1. The SMILES string of the molecule is CNc1cnccc1C(=O)Nc1ccccc1C(F)(F)F. The van der Waals surface area contributed by atoms with Gasteiger partial charge in [0.2, 0.25) is 0 Å². The predicted octanol–water partition coefficient (Wildman–Crippen LogP) is 3.39. The van der Waals surface area contributed by atoms with Gasteiger partial charge in [-0.25, -0.2) is 0 Å². The lowest BCUT2D eigenvalue weighted by Crippen LogP contribution is -2.17. The zero-order valence-electron chi connectivity index (χ0n) is 11.0. The maximum Gasteiger partial charge on any atom is 0.418 e. The van der Waals surface area contributed by atoms with Crippen LogP contribution in [0.5, 0.6) is 0 Å². The second kappa shape index (κ2) is 5.82. The molecule has 2 N–H and O–H groups in total. The van der Waals surface area contributed by atoms with E-state index in [2.05, 4.69) is 15.6 Å². The number of rotatable bonds is 3. The van der Waals surface area contributed by atoms with Gasteiger partial charge < -0.3 is 10.6 Å². The lowest BCUT2D eigenvalue weighted by molar-refractivity contribution is -0.136. The molecule has 0 saturated carbocycles. The molecule has 2 aromatic rings. The van der Waals surface area contributed by atoms with E-state index in [0.29, 0.717) is 5.69 Å². The summed E-state index contributed by atoms with van der Waals surface area (Å²) in [6, 6.07) is 6.25. The minimum Gasteiger partial charge on any atom is -0.386 e. The van der Waals surface area contributed by atoms with Crippen molar-refractivity contribution in [3.8, 4) is 0 Å². The summed E-state index contributed by atoms with van der Waals surface area (Å²) in [6.07, 6.45) is -1.72. The fraction of sp³-hybridized carbons (Fsp3) is 0.143. The summed E-state index contributed by atoms with van der Waals surface area (Å²) in [6.45, 7) is 0. The molecular weight excluding hydrogens is 283 g/mol. The molecule has 0 aliphatic rings. The molecule has 21 heavy (non-hydrogen) atoms. The number of pyridine rings is 1. The van der Waals surface area contributed by atoms with Crippen molar-refractivity contribution in [1.82, 2.24) is 4.98 Å². The third-order valence-electron chi connectivity index (χ3n) is 2.82. The Hall–Kier alpha value is -2.57. The summed E-state index contributed by atoms with van der Waals surface area (Å²) in [5.41, 5.74) is -0.531. The number of amides is 1. The van der Waals surface area contributed by atoms with E-state index in [1.165, 1.54) is 36.7 Å². The summed E-state index contributed by atoms with van der Waals surface area (Å²) in [5.74, 6) is -0.640. The second-order valence-electron chi connectivity index (χ2n) is 4.17. The van der Waals surface area contributed by atoms with E-state index in [-0.39, 0.29) is 11.3 Å². The number of halogens is 3. The van der Waals surface area contributed by atoms with Crippen LogP contribution in [0.1, 0.15) is 15.9 Å². The number of aromatic nitrogens is 1. The van der Waals surface area contributed by atoms with Crippen molar-refractivity contribution in [3.05, 3.63) is 53.9 Å². The van der Waals surface area contributed by atoms with Crippen molar-refractivity contribution < 1.29 is 18.0 Å². The Labute approximate surface area is 119 Å². The molecule has 110 valence electrons. The fourth-order valence-corrected chi connectivity index (χ4v) is 1.82. The third kappa shape index (κ3) is 3.31. The maximum atomic E-state index is 12.9. The number of anilines is 2. The molecule has 0 spiro atoms. The van der Waals surface area contributed by atoms with E-state index < -0.39 is 17.6 Å². The van der Waals surface area contributed by atoms with E-state index in [4.69, 9.17) is 0 Å². The molecule has 0 aliphatic heterocycles. The smallest absolute Gasteiger partial charge is 0.386 e. The van der Waals surface area contributed by atoms with E-state index in [9.17, 15) is 18.0 Å². The molecule has 0 aliphatic carbocycles. The summed E-state index contributed by atoms with van der Waals surface area (Å²) in [7, 11) is 1.59. The number of carbonyl (C=O) groups is 1. The number of para-hydroxylation sites is 1. The Kier molecular flexibility index (Phi) is 4.11. The van der Waals surface area contributed by atoms with Gasteiger partial charge in [0.05, 0.1) is 28.7 Å². The van der Waals surface area contributed by atoms with E-state index in [0.717, 1.165) is 6.07 Å². The van der Waals surface area contributed by atoms with Crippen LogP contribution in [0, 0.1) is 0 Å². The Morgan fingerprint density at radius 2 is 1.86 bits per heavy atom. The highest BCUT2D eigenvalue weighted by Crippen LogP contribution is 2.34. The molecular formula is C14H12F3N3O. The highest BCUT2D eigenvalue weighted by molar-refractivity contribution is 6.08. The average molecular weight is 295 g/mol. The number of hydrogen-bond donors (Lipinski definition) is 2. The number of nitrogens with zero attached hydrogens (tertiary/aromatic N) is 1. The normalized spacial score (nSPS) is 11.0. The number of alkyl halides is 3. The number of carbonyl (C=O) groups excluding carboxylic acids is 1. The second-order valence-corrected chi connectivity index (χ2v) is 4.17. The third-order valence-corrected chi connectivity index (χ3v) is 2.82. The molecule has 1 aromatic carbocycles. The summed E-state index contributed by atoms with van der Waals surface area (Å²) in [5, 5.41) is 5.04. The molecule has 0 bridgehead atoms. The Morgan fingerprint density at radius 1 is 1.14 bits per heavy atom. The maximum absolute atomic E-state index is 12.9. The molecule has 0 fully saturated rings. The molecule has 7 heteroatoms. The predicted molar refractivity (Wildman–Crippen MR) is 73.2 cm³/mol. The summed E-state index contributed by atoms with van der Waals surface area (Å²) >= 11 is 0. The van der Waals surface area contributed by atoms with Crippen LogP contribution >= 0.6 is 0 Å². The van der Waals surface area contributed by atoms with Crippen molar-refractivity contribution in [2.45, 2.75) is 6.18 Å². The van der Waals surface area contributed by atoms with Gasteiger partial charge >= 0.3 is 6.18 Å². The first-order chi connectivity index (χ1) is 9.93. The monoisotopic (exact) mass is 295 g/mol. The number of benzene rings is 1. The summed E-state index contributed by atoms with van der Waals surface area (Å²) in [4.78, 5) is 16.0. The molecule has 0 saturated heterocycles. The molecule has 1 aromatic heterocycles. The molecule has 2 rings (SSSR count). The van der Waals surface area contributed by atoms with Crippen LogP contribution in [0.4, 0.5) is 24.5 Å². The molecule has 4 nitrogen and oxygen atoms in total. The Bertz CT molecular complexity index is 656. The Morgan fingerprint density at radius 3 is 2.52 bits per heavy atom. The quantitative estimate of drug-likeness (QED) is 0.912. The highest BCUT2D eigenvalue weighted by atomic mass is 19.4. The van der Waals surface area contributed by atoms with Crippen LogP contribution in [0.25, 0.3) is 0 Å². The zero-order valence-corrected chi connectivity index (χ0v) is 11.0. The first-order valence-corrected chi connectivity index (χ1v) is 6.03. The first kappa shape index (κ1) is 14.8. The topological polar surface area (TPSA) is 54.0 Å². The van der Waals surface area contributed by atoms with Gasteiger partial charge in [-0.1, -0.05) is 12.1 Å². The van der Waals surface area contributed by atoms with Crippen LogP contribution < -0.4 is 10.6 Å². The lowest BCUT2D eigenvalue weighted by Gasteiger charge is -2.14. The van der Waals surface area contributed by atoms with Crippen LogP contribution in [0.15, 0.2) is 42.7 Å². The fourth-order valence-electron chi connectivity index (χ4n) is 1.82. The van der Waals surface area contributed by atoms with Crippen molar-refractivity contribution in [2.75, 3.05) is 17.7 Å². The van der Waals surface area contributed by atoms with E-state index >= 15 is 0 Å². The minimum atomic E-state index is -4.53. The van der Waals surface area contributed by atoms with Gasteiger partial charge in [-0.05, 0) is 18.2 Å². The Balaban J connectivity index is 2.33. The van der Waals surface area contributed by atoms with Crippen molar-refractivity contribution >= 4 is 17.3 Å². The van der Waals surface area contributed by atoms with Gasteiger partial charge in [-0.15, -0.1) is 0 Å². The largest absolute Gasteiger partial charge is 0.418 e. The zero-order chi connectivity index (χ0) is 15.5. The van der Waals surface area contributed by atoms with Crippen molar-refractivity contribution in [3.63, 3.8) is 0 Å². The number of hydrogen-bond acceptors (Lipinski definition) is 3. The van der Waals surface area contributed by atoms with Crippen molar-refractivity contribution in [1.29, 1.82) is 0 Å². The van der Waals surface area contributed by atoms with Crippen LogP contribution in [-0.4, -0.2) is 17.9 Å². The average Bonchev–Trinajstić information content (AvgIpc) is 2.46. The van der Waals surface area contributed by atoms with Crippen LogP contribution in [0.3, 0.4) is 0 Å². The molecule has 0 unspecified atom stereocenters. The highest BCUT2D eigenvalue weighted by Gasteiger charge is 2.33.